The summed E-state index contributed by atoms with van der Waals surface area (Å²) in [6.45, 7) is 0. The van der Waals surface area contributed by atoms with Gasteiger partial charge in [-0.1, -0.05) is 12.8 Å². The van der Waals surface area contributed by atoms with Crippen LogP contribution in [0.3, 0.4) is 0 Å². The molecule has 1 unspecified atom stereocenters. The molecule has 0 aromatic heterocycles. The lowest BCUT2D eigenvalue weighted by atomic mass is 9.97. The van der Waals surface area contributed by atoms with E-state index in [4.69, 9.17) is 4.55 Å². The average Bonchev–Trinajstić information content (AvgIpc) is 3.00. The van der Waals surface area contributed by atoms with Gasteiger partial charge in [0.15, 0.2) is 0 Å². The fraction of sp³-hybridized carbons (Fsp3) is 0.875. The van der Waals surface area contributed by atoms with Crippen LogP contribution < -0.4 is 0 Å². The standard InChI is InChI=1S/C16H26O5S2/c17-14-7-9-22(10-8-14)15(6-3-11-23(19,20)21)12-16(18)13-4-1-2-5-13/h13,15H,1-12H2/p+1. The Kier molecular flexibility index (Phi) is 7.10. The zero-order valence-corrected chi connectivity index (χ0v) is 15.2. The highest BCUT2D eigenvalue weighted by atomic mass is 32.2. The third-order valence-corrected chi connectivity index (χ3v) is 8.53. The van der Waals surface area contributed by atoms with E-state index < -0.39 is 10.1 Å². The van der Waals surface area contributed by atoms with Gasteiger partial charge in [-0.15, -0.1) is 0 Å². The Morgan fingerprint density at radius 3 is 2.39 bits per heavy atom. The Morgan fingerprint density at radius 1 is 1.22 bits per heavy atom. The zero-order valence-electron chi connectivity index (χ0n) is 13.5. The minimum absolute atomic E-state index is 0.0298. The van der Waals surface area contributed by atoms with Crippen LogP contribution in [0, 0.1) is 5.92 Å². The molecule has 2 aliphatic rings. The number of ketones is 2. The molecule has 2 rings (SSSR count). The maximum Gasteiger partial charge on any atom is 0.264 e. The first kappa shape index (κ1) is 18.9. The highest BCUT2D eigenvalue weighted by Crippen LogP contribution is 2.30. The predicted octanol–water partition coefficient (Wildman–Crippen LogP) is 2.15. The number of carbonyl (C=O) groups is 2. The third-order valence-electron chi connectivity index (χ3n) is 4.93. The number of hydrogen-bond acceptors (Lipinski definition) is 4. The minimum Gasteiger partial charge on any atom is -0.299 e. The molecule has 0 spiro atoms. The smallest absolute Gasteiger partial charge is 0.264 e. The topological polar surface area (TPSA) is 88.5 Å². The molecule has 1 N–H and O–H groups in total. The molecule has 1 aliphatic heterocycles. The second-order valence-electron chi connectivity index (χ2n) is 6.69. The molecule has 1 saturated carbocycles. The molecule has 1 atom stereocenters. The number of rotatable bonds is 8. The summed E-state index contributed by atoms with van der Waals surface area (Å²) in [7, 11) is -3.91. The molecule has 2 fully saturated rings. The summed E-state index contributed by atoms with van der Waals surface area (Å²) < 4.78 is 30.7. The normalized spacial score (nSPS) is 22.4. The molecule has 1 heterocycles. The Labute approximate surface area is 141 Å². The first-order valence-electron chi connectivity index (χ1n) is 8.51. The summed E-state index contributed by atoms with van der Waals surface area (Å²) in [5, 5.41) is 0.179. The van der Waals surface area contributed by atoms with Crippen LogP contribution >= 0.6 is 0 Å². The molecule has 23 heavy (non-hydrogen) atoms. The van der Waals surface area contributed by atoms with E-state index in [0.717, 1.165) is 37.2 Å². The molecular weight excluding hydrogens is 336 g/mol. The van der Waals surface area contributed by atoms with Gasteiger partial charge in [-0.3, -0.25) is 14.1 Å². The van der Waals surface area contributed by atoms with Gasteiger partial charge in [0.25, 0.3) is 10.1 Å². The van der Waals surface area contributed by atoms with Gasteiger partial charge in [0.2, 0.25) is 0 Å². The maximum absolute atomic E-state index is 12.5. The van der Waals surface area contributed by atoms with Crippen molar-refractivity contribution in [2.75, 3.05) is 17.3 Å². The van der Waals surface area contributed by atoms with Gasteiger partial charge in [0.1, 0.15) is 28.3 Å². The Morgan fingerprint density at radius 2 is 1.83 bits per heavy atom. The SMILES string of the molecule is O=C1CC[S+](C(CCCS(=O)(=O)O)CC(=O)C2CCCC2)CC1. The highest BCUT2D eigenvalue weighted by Gasteiger charge is 2.37. The van der Waals surface area contributed by atoms with Crippen LogP contribution in [-0.4, -0.2) is 47.0 Å². The van der Waals surface area contributed by atoms with Crippen LogP contribution in [0.2, 0.25) is 0 Å². The second-order valence-corrected chi connectivity index (χ2v) is 10.8. The molecule has 132 valence electrons. The Balaban J connectivity index is 1.92. The molecule has 0 radical (unpaired) electrons. The van der Waals surface area contributed by atoms with Gasteiger partial charge >= 0.3 is 0 Å². The third kappa shape index (κ3) is 6.55. The molecule has 1 saturated heterocycles. The van der Waals surface area contributed by atoms with Gasteiger partial charge in [-0.05, 0) is 36.6 Å². The monoisotopic (exact) mass is 363 g/mol. The van der Waals surface area contributed by atoms with Crippen molar-refractivity contribution in [2.24, 2.45) is 5.92 Å². The van der Waals surface area contributed by atoms with Crippen LogP contribution in [-0.2, 0) is 30.6 Å². The van der Waals surface area contributed by atoms with E-state index in [-0.39, 0.29) is 27.8 Å². The lowest BCUT2D eigenvalue weighted by Gasteiger charge is -2.22. The van der Waals surface area contributed by atoms with E-state index in [9.17, 15) is 18.0 Å². The zero-order chi connectivity index (χ0) is 16.9. The summed E-state index contributed by atoms with van der Waals surface area (Å²) in [6, 6.07) is 0. The summed E-state index contributed by atoms with van der Waals surface area (Å²) in [5.74, 6) is 2.25. The van der Waals surface area contributed by atoms with Gasteiger partial charge in [0, 0.05) is 5.92 Å². The second kappa shape index (κ2) is 8.62. The van der Waals surface area contributed by atoms with Crippen LogP contribution in [0.25, 0.3) is 0 Å². The van der Waals surface area contributed by atoms with Crippen molar-refractivity contribution in [2.45, 2.75) is 63.0 Å². The Bertz CT molecular complexity index is 513. The van der Waals surface area contributed by atoms with E-state index in [1.54, 1.807) is 0 Å². The van der Waals surface area contributed by atoms with Crippen molar-refractivity contribution in [3.8, 4) is 0 Å². The minimum atomic E-state index is -3.94. The highest BCUT2D eigenvalue weighted by molar-refractivity contribution is 7.97. The van der Waals surface area contributed by atoms with Crippen molar-refractivity contribution in [3.05, 3.63) is 0 Å². The fourth-order valence-electron chi connectivity index (χ4n) is 3.57. The lowest BCUT2D eigenvalue weighted by Crippen LogP contribution is -2.36. The van der Waals surface area contributed by atoms with Crippen LogP contribution in [0.4, 0.5) is 0 Å². The van der Waals surface area contributed by atoms with Crippen molar-refractivity contribution >= 4 is 32.6 Å². The maximum atomic E-state index is 12.5. The van der Waals surface area contributed by atoms with Gasteiger partial charge < -0.3 is 0 Å². The largest absolute Gasteiger partial charge is 0.299 e. The van der Waals surface area contributed by atoms with E-state index >= 15 is 0 Å². The summed E-state index contributed by atoms with van der Waals surface area (Å²) in [5.41, 5.74) is 0. The molecular formula is C16H27O5S2+. The molecule has 0 aromatic carbocycles. The van der Waals surface area contributed by atoms with Crippen molar-refractivity contribution in [1.82, 2.24) is 0 Å². The predicted molar refractivity (Wildman–Crippen MR) is 92.4 cm³/mol. The van der Waals surface area contributed by atoms with E-state index in [1.807, 2.05) is 0 Å². The lowest BCUT2D eigenvalue weighted by molar-refractivity contribution is -0.122. The van der Waals surface area contributed by atoms with Gasteiger partial charge in [-0.2, -0.15) is 8.42 Å². The van der Waals surface area contributed by atoms with Crippen LogP contribution in [0.5, 0.6) is 0 Å². The van der Waals surface area contributed by atoms with Gasteiger partial charge in [0.05, 0.1) is 25.0 Å². The molecule has 1 aliphatic carbocycles. The van der Waals surface area contributed by atoms with Crippen molar-refractivity contribution in [3.63, 3.8) is 0 Å². The molecule has 7 heteroatoms. The van der Waals surface area contributed by atoms with E-state index in [0.29, 0.717) is 43.7 Å². The summed E-state index contributed by atoms with van der Waals surface area (Å²) in [6.07, 6.45) is 6.98. The first-order valence-corrected chi connectivity index (χ1v) is 11.7. The average molecular weight is 364 g/mol. The fourth-order valence-corrected chi connectivity index (χ4v) is 6.85. The Hall–Kier alpha value is -0.400. The molecule has 0 aromatic rings. The van der Waals surface area contributed by atoms with Crippen molar-refractivity contribution < 1.29 is 22.6 Å². The van der Waals surface area contributed by atoms with E-state index in [1.165, 1.54) is 0 Å². The van der Waals surface area contributed by atoms with Crippen LogP contribution in [0.1, 0.15) is 57.8 Å². The first-order chi connectivity index (χ1) is 10.8. The molecule has 0 bridgehead atoms. The van der Waals surface area contributed by atoms with E-state index in [2.05, 4.69) is 0 Å². The number of Topliss-reactive ketones (excluding diaryl/α,β-unsaturated/α-hetero) is 2. The molecule has 5 nitrogen and oxygen atoms in total. The van der Waals surface area contributed by atoms with Gasteiger partial charge in [-0.25, -0.2) is 0 Å². The molecule has 0 amide bonds. The van der Waals surface area contributed by atoms with Crippen LogP contribution in [0.15, 0.2) is 0 Å². The summed E-state index contributed by atoms with van der Waals surface area (Å²) in [4.78, 5) is 23.9. The summed E-state index contributed by atoms with van der Waals surface area (Å²) >= 11 is 0. The number of carbonyl (C=O) groups excluding carboxylic acids is 2. The van der Waals surface area contributed by atoms with Crippen molar-refractivity contribution in [1.29, 1.82) is 0 Å². The quantitative estimate of drug-likeness (QED) is 0.527. The number of hydrogen-bond donors (Lipinski definition) is 1.